The molecule has 27 nitrogen and oxygen atoms in total. The van der Waals surface area contributed by atoms with Crippen LogP contribution in [0, 0.1) is 27.7 Å². The summed E-state index contributed by atoms with van der Waals surface area (Å²) in [5, 5.41) is 50.3. The zero-order valence-electron chi connectivity index (χ0n) is 73.7. The predicted octanol–water partition coefficient (Wildman–Crippen LogP) is 20.9. The van der Waals surface area contributed by atoms with Gasteiger partial charge in [0.15, 0.2) is 0 Å². The van der Waals surface area contributed by atoms with Gasteiger partial charge in [-0.05, 0) is 217 Å². The molecule has 2 aliphatic heterocycles. The number of carboxylic acids is 2. The molecule has 8 aromatic carbocycles. The fourth-order valence-corrected chi connectivity index (χ4v) is 14.9. The lowest BCUT2D eigenvalue weighted by atomic mass is 10.1. The Bertz CT molecular complexity index is 5910. The van der Waals surface area contributed by atoms with Crippen molar-refractivity contribution in [2.75, 3.05) is 65.0 Å². The van der Waals surface area contributed by atoms with Crippen LogP contribution in [0.3, 0.4) is 0 Å². The molecule has 2 aliphatic rings. The zero-order valence-corrected chi connectivity index (χ0v) is 78.3. The topological polar surface area (TPSA) is 349 Å². The maximum atomic E-state index is 13.3. The van der Waals surface area contributed by atoms with Gasteiger partial charge < -0.3 is 75.5 Å². The number of alkyl halides is 3. The first kappa shape index (κ1) is 102. The van der Waals surface area contributed by atoms with Gasteiger partial charge in [0.05, 0.1) is 28.0 Å². The van der Waals surface area contributed by atoms with Crippen molar-refractivity contribution < 1.29 is 76.6 Å². The van der Waals surface area contributed by atoms with E-state index in [0.717, 1.165) is 105 Å². The number of nitrogens with one attached hydrogen (secondary N) is 4. The second-order valence-corrected chi connectivity index (χ2v) is 34.6. The standard InChI is InChI=1S/C33H37ClN6O4S.C28H29ClN6O2S.C16H16ClNO2.C8H10ClN.C8H8O3.C2HF3O2/c1-21-12-13-22(30(41)39(5)18-23-9-6-7-11-25(23)34)17-27(21)43-29-28(45-20-36-29)26-14-15-35-31(38-26)37-24-10-8-16-40(19-24)32(42)44-33(2,3)4;1-18-9-10-19(27(36)35(2)16-20-6-3-4-8-22(20)29)14-24(18)37-26-25(38-17-32-26)23-11-13-31-28(34-23)33-21-7-5-12-30-15-21;1-11-7-8-12(9-15(11)19)16(20)18(2)10-13-5-3-4-6-14(13)17;1-10-6-7-4-2-3-5-8(7)9;1-5-2-3-6(8(10)11)4-7(5)9;3-2(4,5)1(6)7/h6-7,9,11-15,17,20,24H,8,10,16,18-19H2,1-5H3,(H,35,37,38);3-4,6,8-11,13-14,17,21,30H,5,7,12,15-16H2,1-2H3,(H,31,33,34);3-9,19H,10H2,1-2H3;2-5,10H,6H2,1H3;2-4,9H,1H3,(H,10,11);(H,6,7)/t24-;21-;;;;/m00..../s1. The Morgan fingerprint density at radius 1 is 0.519 bits per heavy atom. The van der Waals surface area contributed by atoms with E-state index in [0.29, 0.717) is 117 Å². The molecule has 690 valence electrons. The van der Waals surface area contributed by atoms with Crippen molar-refractivity contribution in [1.29, 1.82) is 0 Å². The summed E-state index contributed by atoms with van der Waals surface area (Å²) in [4.78, 5) is 106. The van der Waals surface area contributed by atoms with Gasteiger partial charge in [0.1, 0.15) is 38.4 Å². The number of hydrogen-bond acceptors (Lipinski definition) is 23. The van der Waals surface area contributed by atoms with Gasteiger partial charge >= 0.3 is 24.2 Å². The maximum absolute atomic E-state index is 13.3. The summed E-state index contributed by atoms with van der Waals surface area (Å²) in [6, 6.07) is 54.2. The van der Waals surface area contributed by atoms with E-state index in [4.69, 9.17) is 90.7 Å². The van der Waals surface area contributed by atoms with Gasteiger partial charge in [-0.15, -0.1) is 22.7 Å². The van der Waals surface area contributed by atoms with Crippen molar-refractivity contribution in [1.82, 2.24) is 60.1 Å². The lowest BCUT2D eigenvalue weighted by Crippen LogP contribution is -2.47. The fraction of sp³-hybridized carbons (Fsp3) is 0.284. The molecule has 0 radical (unpaired) electrons. The third-order valence-electron chi connectivity index (χ3n) is 19.8. The minimum atomic E-state index is -5.08. The second-order valence-electron chi connectivity index (χ2n) is 31.3. The average Bonchev–Trinajstić information content (AvgIpc) is 1.78. The summed E-state index contributed by atoms with van der Waals surface area (Å²) in [6.07, 6.45) is 1.96. The van der Waals surface area contributed by atoms with Crippen molar-refractivity contribution in [3.63, 3.8) is 0 Å². The number of carboxylic acid groups (broad SMARTS) is 2. The van der Waals surface area contributed by atoms with Crippen LogP contribution in [0.25, 0.3) is 21.1 Å². The molecule has 4 amide bonds. The molecule has 2 saturated heterocycles. The number of phenolic OH excluding ortho intramolecular Hbond substituents is 2. The molecule has 2 atom stereocenters. The van der Waals surface area contributed by atoms with Crippen LogP contribution in [0.15, 0.2) is 205 Å². The molecule has 0 bridgehead atoms. The second kappa shape index (κ2) is 48.9. The lowest BCUT2D eigenvalue weighted by Gasteiger charge is -2.34. The van der Waals surface area contributed by atoms with Gasteiger partial charge in [0.2, 0.25) is 23.7 Å². The maximum Gasteiger partial charge on any atom is 0.490 e. The number of aliphatic carboxylic acids is 1. The molecule has 2 fully saturated rings. The van der Waals surface area contributed by atoms with Gasteiger partial charge in [0, 0.05) is 128 Å². The summed E-state index contributed by atoms with van der Waals surface area (Å²) in [6.45, 7) is 18.1. The summed E-state index contributed by atoms with van der Waals surface area (Å²) in [7, 11) is 7.12. The number of anilines is 2. The van der Waals surface area contributed by atoms with E-state index in [1.807, 2.05) is 151 Å². The quantitative estimate of drug-likeness (QED) is 0.0312. The number of halogens is 7. The first-order valence-corrected chi connectivity index (χ1v) is 44.4. The molecular formula is C95H101Cl4F3N14O13S2. The number of rotatable bonds is 22. The molecule has 14 rings (SSSR count). The lowest BCUT2D eigenvalue weighted by molar-refractivity contribution is -0.192. The smallest absolute Gasteiger partial charge is 0.490 e. The highest BCUT2D eigenvalue weighted by atomic mass is 35.5. The van der Waals surface area contributed by atoms with Crippen LogP contribution in [-0.4, -0.2) is 184 Å². The Balaban J connectivity index is 0.000000199. The number of piperidine rings is 2. The first-order chi connectivity index (χ1) is 62.3. The molecule has 6 heterocycles. The minimum Gasteiger partial charge on any atom is -0.508 e. The number of ether oxygens (including phenoxy) is 3. The van der Waals surface area contributed by atoms with Gasteiger partial charge in [0.25, 0.3) is 17.7 Å². The monoisotopic (exact) mass is 1910 g/mol. The third kappa shape index (κ3) is 31.4. The Labute approximate surface area is 785 Å². The van der Waals surface area contributed by atoms with Crippen LogP contribution in [0.1, 0.15) is 132 Å². The minimum absolute atomic E-state index is 0.0160. The van der Waals surface area contributed by atoms with Crippen LogP contribution >= 0.6 is 69.1 Å². The number of aromatic nitrogens is 6. The summed E-state index contributed by atoms with van der Waals surface area (Å²) in [5.74, 6) is -1.12. The molecule has 4 aromatic heterocycles. The molecule has 0 unspecified atom stereocenters. The third-order valence-corrected chi connectivity index (χ3v) is 22.9. The Morgan fingerprint density at radius 3 is 1.28 bits per heavy atom. The van der Waals surface area contributed by atoms with Crippen LogP contribution < -0.4 is 30.7 Å². The van der Waals surface area contributed by atoms with Crippen molar-refractivity contribution in [2.45, 2.75) is 124 Å². The highest BCUT2D eigenvalue weighted by Crippen LogP contribution is 2.39. The Kier molecular flexibility index (Phi) is 38.2. The van der Waals surface area contributed by atoms with E-state index in [9.17, 15) is 42.3 Å². The van der Waals surface area contributed by atoms with Crippen molar-refractivity contribution in [3.05, 3.63) is 292 Å². The number of hydrogen-bond donors (Lipinski definition) is 8. The Morgan fingerprint density at radius 2 is 0.901 bits per heavy atom. The number of thiazole rings is 2. The number of aromatic hydroxyl groups is 2. The summed E-state index contributed by atoms with van der Waals surface area (Å²) < 4.78 is 49.8. The van der Waals surface area contributed by atoms with Crippen LogP contribution in [0.4, 0.5) is 29.9 Å². The molecule has 0 saturated carbocycles. The van der Waals surface area contributed by atoms with Gasteiger partial charge in [-0.2, -0.15) is 13.2 Å². The van der Waals surface area contributed by atoms with Gasteiger partial charge in [-0.25, -0.2) is 44.3 Å². The molecule has 0 aliphatic carbocycles. The molecule has 36 heteroatoms. The normalized spacial score (nSPS) is 13.3. The summed E-state index contributed by atoms with van der Waals surface area (Å²) >= 11 is 27.4. The number of carbonyl (C=O) groups excluding carboxylic acids is 4. The van der Waals surface area contributed by atoms with E-state index in [-0.39, 0.29) is 46.9 Å². The van der Waals surface area contributed by atoms with E-state index < -0.39 is 23.7 Å². The van der Waals surface area contributed by atoms with Crippen molar-refractivity contribution in [3.8, 4) is 55.9 Å². The predicted molar refractivity (Wildman–Crippen MR) is 505 cm³/mol. The molecule has 8 N–H and O–H groups in total. The summed E-state index contributed by atoms with van der Waals surface area (Å²) in [5.41, 5.74) is 12.8. The number of amides is 4. The highest BCUT2D eigenvalue weighted by molar-refractivity contribution is 7.13. The highest BCUT2D eigenvalue weighted by Gasteiger charge is 2.38. The molecular weight excluding hydrogens is 1810 g/mol. The van der Waals surface area contributed by atoms with E-state index in [1.54, 1.807) is 133 Å². The van der Waals surface area contributed by atoms with Crippen LogP contribution in [0.5, 0.6) is 34.8 Å². The largest absolute Gasteiger partial charge is 0.508 e. The molecule has 131 heavy (non-hydrogen) atoms. The first-order valence-electron chi connectivity index (χ1n) is 41.1. The van der Waals surface area contributed by atoms with Crippen molar-refractivity contribution in [2.24, 2.45) is 0 Å². The van der Waals surface area contributed by atoms with Crippen LogP contribution in [0.2, 0.25) is 20.1 Å². The number of aromatic carboxylic acids is 1. The number of likely N-dealkylation sites (tertiary alicyclic amines) is 1. The van der Waals surface area contributed by atoms with E-state index >= 15 is 0 Å². The molecule has 12 aromatic rings. The fourth-order valence-electron chi connectivity index (χ4n) is 12.7. The van der Waals surface area contributed by atoms with E-state index in [1.165, 1.54) is 40.9 Å². The number of aryl methyl sites for hydroxylation is 4. The van der Waals surface area contributed by atoms with E-state index in [2.05, 4.69) is 41.2 Å². The number of benzene rings is 8. The number of phenols is 2. The average molecular weight is 1910 g/mol. The van der Waals surface area contributed by atoms with Crippen LogP contribution in [-0.2, 0) is 35.7 Å². The Hall–Kier alpha value is -12.5. The number of carbonyl (C=O) groups is 6. The molecule has 0 spiro atoms. The van der Waals surface area contributed by atoms with Gasteiger partial charge in [-0.1, -0.05) is 143 Å². The van der Waals surface area contributed by atoms with Gasteiger partial charge in [-0.3, -0.25) is 14.4 Å². The number of nitrogens with zero attached hydrogens (tertiary/aromatic N) is 10. The zero-order chi connectivity index (χ0) is 95.2. The SMILES string of the molecule is CNCc1ccccc1Cl.Cc1ccc(C(=O)N(C)Cc2ccccc2Cl)cc1O.Cc1ccc(C(=O)N(C)Cc2ccccc2Cl)cc1Oc1ncsc1-c1ccnc(N[C@H]2CCCN(C(=O)OC(C)(C)C)C2)n1.Cc1ccc(C(=O)N(C)Cc2ccccc2Cl)cc1Oc1ncsc1-c1ccnc(N[C@H]2CCCNC2)n1.Cc1ccc(C(=O)O)cc1O.O=C(O)C(F)(F)F. The van der Waals surface area contributed by atoms with Crippen molar-refractivity contribution >= 4 is 117 Å².